The number of nitriles is 1. The normalized spacial score (nSPS) is 11.8. The Morgan fingerprint density at radius 3 is 2.56 bits per heavy atom. The average molecular weight is 363 g/mol. The minimum absolute atomic E-state index is 0.363. The molecule has 138 valence electrons. The molecule has 0 aliphatic carbocycles. The van der Waals surface area contributed by atoms with Crippen LogP contribution in [-0.4, -0.2) is 29.7 Å². The molecule has 0 aliphatic heterocycles. The standard InChI is InChI=1S/C21H21N3O3/c1-14(21(25)27-3)16-10-11-17(26-2)19-20(16)24(13-22)18(23-19)12-9-15-7-5-4-6-8-15/h4-8,10-11,14H,9,12H2,1-3H3. The Morgan fingerprint density at radius 1 is 1.19 bits per heavy atom. The molecule has 1 heterocycles. The molecule has 3 rings (SSSR count). The molecule has 0 N–H and O–H groups in total. The van der Waals surface area contributed by atoms with Crippen LogP contribution in [0.1, 0.15) is 29.8 Å². The number of fused-ring (bicyclic) bond motifs is 1. The highest BCUT2D eigenvalue weighted by Gasteiger charge is 2.24. The van der Waals surface area contributed by atoms with Gasteiger partial charge in [-0.3, -0.25) is 4.79 Å². The molecule has 6 heteroatoms. The molecule has 1 aromatic heterocycles. The van der Waals surface area contributed by atoms with Crippen molar-refractivity contribution < 1.29 is 14.3 Å². The van der Waals surface area contributed by atoms with Gasteiger partial charge in [0.05, 0.1) is 25.7 Å². The summed E-state index contributed by atoms with van der Waals surface area (Å²) >= 11 is 0. The number of imidazole rings is 1. The topological polar surface area (TPSA) is 77.1 Å². The zero-order chi connectivity index (χ0) is 19.4. The summed E-state index contributed by atoms with van der Waals surface area (Å²) in [4.78, 5) is 16.7. The third-order valence-corrected chi connectivity index (χ3v) is 4.69. The van der Waals surface area contributed by atoms with Gasteiger partial charge in [-0.15, -0.1) is 0 Å². The average Bonchev–Trinajstić information content (AvgIpc) is 3.09. The van der Waals surface area contributed by atoms with Crippen LogP contribution in [0.15, 0.2) is 42.5 Å². The van der Waals surface area contributed by atoms with Crippen molar-refractivity contribution in [2.45, 2.75) is 25.7 Å². The molecule has 1 unspecified atom stereocenters. The summed E-state index contributed by atoms with van der Waals surface area (Å²) in [6, 6.07) is 13.6. The number of aryl methyl sites for hydroxylation is 2. The molecule has 0 radical (unpaired) electrons. The van der Waals surface area contributed by atoms with Gasteiger partial charge >= 0.3 is 5.97 Å². The van der Waals surface area contributed by atoms with Crippen molar-refractivity contribution in [3.8, 4) is 11.9 Å². The van der Waals surface area contributed by atoms with Crippen LogP contribution in [0.2, 0.25) is 0 Å². The Morgan fingerprint density at radius 2 is 1.93 bits per heavy atom. The third kappa shape index (κ3) is 3.49. The zero-order valence-electron chi connectivity index (χ0n) is 15.6. The minimum atomic E-state index is -0.519. The number of esters is 1. The van der Waals surface area contributed by atoms with Crippen LogP contribution in [-0.2, 0) is 22.4 Å². The molecule has 3 aromatic rings. The number of methoxy groups -OCH3 is 2. The number of benzene rings is 2. The molecule has 0 spiro atoms. The van der Waals surface area contributed by atoms with E-state index in [0.29, 0.717) is 34.6 Å². The van der Waals surface area contributed by atoms with Crippen molar-refractivity contribution in [2.24, 2.45) is 0 Å². The van der Waals surface area contributed by atoms with E-state index in [-0.39, 0.29) is 5.97 Å². The fourth-order valence-electron chi connectivity index (χ4n) is 3.22. The molecule has 6 nitrogen and oxygen atoms in total. The first kappa shape index (κ1) is 18.5. The number of rotatable bonds is 6. The van der Waals surface area contributed by atoms with Crippen LogP contribution >= 0.6 is 0 Å². The summed E-state index contributed by atoms with van der Waals surface area (Å²) in [7, 11) is 2.92. The summed E-state index contributed by atoms with van der Waals surface area (Å²) in [5.74, 6) is 0.326. The van der Waals surface area contributed by atoms with Crippen LogP contribution < -0.4 is 4.74 Å². The maximum atomic E-state index is 12.1. The first-order valence-electron chi connectivity index (χ1n) is 8.70. The number of carbonyl (C=O) groups is 1. The Hall–Kier alpha value is -3.33. The van der Waals surface area contributed by atoms with Crippen LogP contribution in [0.5, 0.6) is 5.75 Å². The molecule has 0 saturated heterocycles. The first-order chi connectivity index (χ1) is 13.1. The lowest BCUT2D eigenvalue weighted by Gasteiger charge is -2.12. The molecule has 0 amide bonds. The first-order valence-corrected chi connectivity index (χ1v) is 8.70. The van der Waals surface area contributed by atoms with Crippen LogP contribution in [0, 0.1) is 11.5 Å². The monoisotopic (exact) mass is 363 g/mol. The van der Waals surface area contributed by atoms with Crippen molar-refractivity contribution in [2.75, 3.05) is 14.2 Å². The van der Waals surface area contributed by atoms with Crippen LogP contribution in [0.3, 0.4) is 0 Å². The van der Waals surface area contributed by atoms with Gasteiger partial charge in [0.2, 0.25) is 0 Å². The predicted octanol–water partition coefficient (Wildman–Crippen LogP) is 3.44. The smallest absolute Gasteiger partial charge is 0.312 e. The van der Waals surface area contributed by atoms with Crippen molar-refractivity contribution in [3.05, 3.63) is 59.4 Å². The van der Waals surface area contributed by atoms with Crippen molar-refractivity contribution in [1.29, 1.82) is 5.26 Å². The van der Waals surface area contributed by atoms with Gasteiger partial charge in [-0.1, -0.05) is 36.4 Å². The predicted molar refractivity (Wildman–Crippen MR) is 102 cm³/mol. The lowest BCUT2D eigenvalue weighted by atomic mass is 9.99. The summed E-state index contributed by atoms with van der Waals surface area (Å²) in [6.45, 7) is 1.76. The molecule has 1 atom stereocenters. The fraction of sp³-hybridized carbons (Fsp3) is 0.286. The van der Waals surface area contributed by atoms with Crippen molar-refractivity contribution in [1.82, 2.24) is 9.55 Å². The highest BCUT2D eigenvalue weighted by atomic mass is 16.5. The SMILES string of the molecule is COC(=O)C(C)c1ccc(OC)c2nc(CCc3ccccc3)n(C#N)c12. The van der Waals surface area contributed by atoms with E-state index in [9.17, 15) is 10.1 Å². The quantitative estimate of drug-likeness (QED) is 0.627. The molecule has 27 heavy (non-hydrogen) atoms. The molecular weight excluding hydrogens is 342 g/mol. The van der Waals surface area contributed by atoms with Gasteiger partial charge in [-0.2, -0.15) is 5.26 Å². The Labute approximate surface area is 158 Å². The van der Waals surface area contributed by atoms with E-state index in [4.69, 9.17) is 9.47 Å². The van der Waals surface area contributed by atoms with E-state index in [1.54, 1.807) is 26.2 Å². The maximum Gasteiger partial charge on any atom is 0.312 e. The molecule has 2 aromatic carbocycles. The Bertz CT molecular complexity index is 1000. The molecular formula is C21H21N3O3. The number of carbonyl (C=O) groups excluding carboxylic acids is 1. The minimum Gasteiger partial charge on any atom is -0.494 e. The van der Waals surface area contributed by atoms with Crippen LogP contribution in [0.4, 0.5) is 0 Å². The van der Waals surface area contributed by atoms with Gasteiger partial charge in [0.15, 0.2) is 6.19 Å². The number of nitrogens with zero attached hydrogens (tertiary/aromatic N) is 3. The summed E-state index contributed by atoms with van der Waals surface area (Å²) in [6.07, 6.45) is 3.56. The van der Waals surface area contributed by atoms with Gasteiger partial charge in [-0.25, -0.2) is 9.55 Å². The highest BCUT2D eigenvalue weighted by Crippen LogP contribution is 2.33. The second kappa shape index (κ2) is 7.92. The van der Waals surface area contributed by atoms with E-state index in [1.807, 2.05) is 30.3 Å². The number of aromatic nitrogens is 2. The summed E-state index contributed by atoms with van der Waals surface area (Å²) in [5.41, 5.74) is 3.04. The Kier molecular flexibility index (Phi) is 5.41. The van der Waals surface area contributed by atoms with E-state index in [0.717, 1.165) is 6.42 Å². The lowest BCUT2D eigenvalue weighted by molar-refractivity contribution is -0.141. The largest absolute Gasteiger partial charge is 0.494 e. The second-order valence-corrected chi connectivity index (χ2v) is 6.25. The van der Waals surface area contributed by atoms with Gasteiger partial charge < -0.3 is 9.47 Å². The van der Waals surface area contributed by atoms with E-state index >= 15 is 0 Å². The molecule has 0 fully saturated rings. The van der Waals surface area contributed by atoms with Gasteiger partial charge in [0, 0.05) is 6.42 Å². The maximum absolute atomic E-state index is 12.1. The highest BCUT2D eigenvalue weighted by molar-refractivity contribution is 5.91. The number of ether oxygens (including phenoxy) is 2. The fourth-order valence-corrected chi connectivity index (χ4v) is 3.22. The summed E-state index contributed by atoms with van der Waals surface area (Å²) < 4.78 is 11.8. The third-order valence-electron chi connectivity index (χ3n) is 4.69. The summed E-state index contributed by atoms with van der Waals surface area (Å²) in [5, 5.41) is 9.78. The number of hydrogen-bond acceptors (Lipinski definition) is 5. The van der Waals surface area contributed by atoms with Gasteiger partial charge in [0.1, 0.15) is 17.1 Å². The molecule has 0 bridgehead atoms. The van der Waals surface area contributed by atoms with Gasteiger partial charge in [0.25, 0.3) is 0 Å². The lowest BCUT2D eigenvalue weighted by Crippen LogP contribution is -2.12. The van der Waals surface area contributed by atoms with Crippen molar-refractivity contribution >= 4 is 17.0 Å². The van der Waals surface area contributed by atoms with Crippen LogP contribution in [0.25, 0.3) is 11.0 Å². The number of hydrogen-bond donors (Lipinski definition) is 0. The van der Waals surface area contributed by atoms with Gasteiger partial charge in [-0.05, 0) is 30.5 Å². The van der Waals surface area contributed by atoms with E-state index < -0.39 is 5.92 Å². The molecule has 0 aliphatic rings. The van der Waals surface area contributed by atoms with E-state index in [2.05, 4.69) is 11.2 Å². The zero-order valence-corrected chi connectivity index (χ0v) is 15.6. The van der Waals surface area contributed by atoms with E-state index in [1.165, 1.54) is 17.2 Å². The van der Waals surface area contributed by atoms with Crippen molar-refractivity contribution in [3.63, 3.8) is 0 Å². The second-order valence-electron chi connectivity index (χ2n) is 6.25. The molecule has 0 saturated carbocycles. The Balaban J connectivity index is 2.10.